The SMILES string of the molecule is CC1(C)C(c2cc3n(c2-c2cccn2B(F)F)CC=C3)=Nc2ccccc21. The highest BCUT2D eigenvalue weighted by Crippen LogP contribution is 2.44. The highest BCUT2D eigenvalue weighted by Gasteiger charge is 2.38. The van der Waals surface area contributed by atoms with Gasteiger partial charge in [-0.15, -0.1) is 0 Å². The standard InChI is InChI=1S/C21H18BF2N3/c1-21(2)16-8-3-4-9-17(16)25-20(21)15-13-14-7-5-11-26(14)19(15)18-10-6-12-27(18)22(23)24/h3-10,12-13H,11H2,1-2H3. The topological polar surface area (TPSA) is 22.2 Å². The van der Waals surface area contributed by atoms with Crippen LogP contribution in [0.3, 0.4) is 0 Å². The van der Waals surface area contributed by atoms with Crippen LogP contribution in [0.2, 0.25) is 0 Å². The summed E-state index contributed by atoms with van der Waals surface area (Å²) in [7, 11) is -2.58. The van der Waals surface area contributed by atoms with Crippen LogP contribution in [0.15, 0.2) is 59.7 Å². The number of para-hydroxylation sites is 1. The second kappa shape index (κ2) is 5.55. The lowest BCUT2D eigenvalue weighted by molar-refractivity contribution is 0.630. The van der Waals surface area contributed by atoms with Crippen molar-refractivity contribution >= 4 is 24.9 Å². The molecule has 0 saturated carbocycles. The van der Waals surface area contributed by atoms with Crippen LogP contribution < -0.4 is 0 Å². The first-order valence-electron chi connectivity index (χ1n) is 9.03. The van der Waals surface area contributed by atoms with Gasteiger partial charge in [0.15, 0.2) is 0 Å². The third-order valence-electron chi connectivity index (χ3n) is 5.59. The molecule has 0 atom stereocenters. The van der Waals surface area contributed by atoms with Gasteiger partial charge in [-0.2, -0.15) is 0 Å². The molecule has 4 heterocycles. The lowest BCUT2D eigenvalue weighted by Crippen LogP contribution is -2.27. The van der Waals surface area contributed by atoms with Crippen molar-refractivity contribution in [1.82, 2.24) is 9.05 Å². The predicted octanol–water partition coefficient (Wildman–Crippen LogP) is 5.17. The van der Waals surface area contributed by atoms with Gasteiger partial charge in [-0.05, 0) is 42.1 Å². The maximum absolute atomic E-state index is 13.6. The molecule has 134 valence electrons. The first kappa shape index (κ1) is 16.3. The fraction of sp³-hybridized carbons (Fsp3) is 0.190. The Morgan fingerprint density at radius 1 is 1.11 bits per heavy atom. The van der Waals surface area contributed by atoms with Gasteiger partial charge in [0, 0.05) is 23.2 Å². The Morgan fingerprint density at radius 2 is 1.93 bits per heavy atom. The molecule has 2 aromatic heterocycles. The molecule has 0 saturated heterocycles. The van der Waals surface area contributed by atoms with Crippen LogP contribution >= 0.6 is 0 Å². The number of hydrogen-bond donors (Lipinski definition) is 0. The summed E-state index contributed by atoms with van der Waals surface area (Å²) < 4.78 is 30.3. The van der Waals surface area contributed by atoms with Crippen molar-refractivity contribution in [3.05, 3.63) is 71.6 Å². The third kappa shape index (κ3) is 2.22. The van der Waals surface area contributed by atoms with Crippen LogP contribution in [0.25, 0.3) is 17.5 Å². The molecule has 6 heteroatoms. The minimum atomic E-state index is -2.58. The number of benzene rings is 1. The molecule has 3 aromatic rings. The molecule has 3 nitrogen and oxygen atoms in total. The molecule has 0 fully saturated rings. The van der Waals surface area contributed by atoms with Crippen LogP contribution in [-0.2, 0) is 12.0 Å². The zero-order valence-electron chi connectivity index (χ0n) is 15.2. The van der Waals surface area contributed by atoms with Gasteiger partial charge in [0.2, 0.25) is 0 Å². The molecule has 2 aliphatic heterocycles. The lowest BCUT2D eigenvalue weighted by Gasteiger charge is -2.23. The number of rotatable bonds is 3. The van der Waals surface area contributed by atoms with Crippen LogP contribution in [-0.4, -0.2) is 22.2 Å². The second-order valence-corrected chi connectivity index (χ2v) is 7.53. The van der Waals surface area contributed by atoms with Gasteiger partial charge in [0.25, 0.3) is 0 Å². The fourth-order valence-corrected chi connectivity index (χ4v) is 4.29. The first-order valence-corrected chi connectivity index (χ1v) is 9.03. The van der Waals surface area contributed by atoms with Crippen LogP contribution in [0.1, 0.15) is 30.7 Å². The van der Waals surface area contributed by atoms with Crippen LogP contribution in [0.5, 0.6) is 0 Å². The van der Waals surface area contributed by atoms with Crippen molar-refractivity contribution in [2.75, 3.05) is 0 Å². The average molecular weight is 361 g/mol. The van der Waals surface area contributed by atoms with Gasteiger partial charge in [-0.25, -0.2) is 0 Å². The molecule has 0 amide bonds. The average Bonchev–Trinajstić information content (AvgIpc) is 3.37. The summed E-state index contributed by atoms with van der Waals surface area (Å²) >= 11 is 0. The Kier molecular flexibility index (Phi) is 3.35. The Morgan fingerprint density at radius 3 is 2.70 bits per heavy atom. The fourth-order valence-electron chi connectivity index (χ4n) is 4.29. The Balaban J connectivity index is 1.76. The third-order valence-corrected chi connectivity index (χ3v) is 5.59. The van der Waals surface area contributed by atoms with E-state index in [-0.39, 0.29) is 5.41 Å². The highest BCUT2D eigenvalue weighted by atomic mass is 19.2. The molecule has 0 bridgehead atoms. The number of halogens is 2. The summed E-state index contributed by atoms with van der Waals surface area (Å²) in [5.41, 5.74) is 6.03. The Labute approximate surface area is 156 Å². The van der Waals surface area contributed by atoms with Gasteiger partial charge < -0.3 is 9.05 Å². The molecule has 5 rings (SSSR count). The Bertz CT molecular complexity index is 1120. The van der Waals surface area contributed by atoms with E-state index in [9.17, 15) is 8.63 Å². The lowest BCUT2D eigenvalue weighted by atomic mass is 9.78. The number of hydrogen-bond acceptors (Lipinski definition) is 1. The summed E-state index contributed by atoms with van der Waals surface area (Å²) in [4.78, 5) is 4.92. The molecule has 0 unspecified atom stereocenters. The van der Waals surface area contributed by atoms with Gasteiger partial charge in [0.1, 0.15) is 0 Å². The van der Waals surface area contributed by atoms with E-state index in [1.807, 2.05) is 24.3 Å². The molecule has 2 aliphatic rings. The van der Waals surface area contributed by atoms with Crippen molar-refractivity contribution in [2.45, 2.75) is 25.8 Å². The van der Waals surface area contributed by atoms with Gasteiger partial charge in [-0.3, -0.25) is 13.6 Å². The Hall–Kier alpha value is -2.89. The van der Waals surface area contributed by atoms with Crippen molar-refractivity contribution in [2.24, 2.45) is 4.99 Å². The molecule has 0 N–H and O–H groups in total. The quantitative estimate of drug-likeness (QED) is 0.575. The summed E-state index contributed by atoms with van der Waals surface area (Å²) in [5, 5.41) is 0. The monoisotopic (exact) mass is 361 g/mol. The van der Waals surface area contributed by atoms with E-state index in [2.05, 4.69) is 36.6 Å². The van der Waals surface area contributed by atoms with Crippen molar-refractivity contribution < 1.29 is 8.63 Å². The van der Waals surface area contributed by atoms with Crippen LogP contribution in [0, 0.1) is 0 Å². The molecule has 1 aromatic carbocycles. The summed E-state index contributed by atoms with van der Waals surface area (Å²) in [5.74, 6) is 0. The van der Waals surface area contributed by atoms with E-state index in [1.54, 1.807) is 12.1 Å². The molecular weight excluding hydrogens is 343 g/mol. The van der Waals surface area contributed by atoms with E-state index in [1.165, 1.54) is 6.20 Å². The molecular formula is C21H18BF2N3. The van der Waals surface area contributed by atoms with E-state index in [4.69, 9.17) is 4.99 Å². The predicted molar refractivity (Wildman–Crippen MR) is 106 cm³/mol. The van der Waals surface area contributed by atoms with Gasteiger partial charge >= 0.3 is 7.40 Å². The molecule has 0 spiro atoms. The normalized spacial score (nSPS) is 16.4. The maximum atomic E-state index is 13.6. The minimum absolute atomic E-state index is 0.292. The van der Waals surface area contributed by atoms with Crippen LogP contribution in [0.4, 0.5) is 14.3 Å². The molecule has 0 radical (unpaired) electrons. The van der Waals surface area contributed by atoms with E-state index >= 15 is 0 Å². The largest absolute Gasteiger partial charge is 0.677 e. The number of allylic oxidation sites excluding steroid dienone is 1. The minimum Gasteiger partial charge on any atom is -0.335 e. The van der Waals surface area contributed by atoms with Crippen molar-refractivity contribution in [1.29, 1.82) is 0 Å². The van der Waals surface area contributed by atoms with Crippen molar-refractivity contribution in [3.63, 3.8) is 0 Å². The number of nitrogens with zero attached hydrogens (tertiary/aromatic N) is 3. The first-order chi connectivity index (χ1) is 13.0. The zero-order chi connectivity index (χ0) is 18.8. The smallest absolute Gasteiger partial charge is 0.335 e. The van der Waals surface area contributed by atoms with E-state index < -0.39 is 7.40 Å². The molecule has 0 aliphatic carbocycles. The molecule has 27 heavy (non-hydrogen) atoms. The number of fused-ring (bicyclic) bond motifs is 2. The highest BCUT2D eigenvalue weighted by molar-refractivity contribution is 6.41. The second-order valence-electron chi connectivity index (χ2n) is 7.53. The van der Waals surface area contributed by atoms with E-state index in [0.717, 1.165) is 38.4 Å². The summed E-state index contributed by atoms with van der Waals surface area (Å²) in [6.45, 7) is 4.97. The van der Waals surface area contributed by atoms with Gasteiger partial charge in [-0.1, -0.05) is 38.1 Å². The van der Waals surface area contributed by atoms with E-state index in [0.29, 0.717) is 12.2 Å². The zero-order valence-corrected chi connectivity index (χ0v) is 15.2. The summed E-state index contributed by atoms with van der Waals surface area (Å²) in [6.07, 6.45) is 5.52. The number of aliphatic imine (C=N–C) groups is 1. The van der Waals surface area contributed by atoms with Gasteiger partial charge in [0.05, 0.1) is 22.8 Å². The van der Waals surface area contributed by atoms with Crippen molar-refractivity contribution in [3.8, 4) is 11.4 Å². The maximum Gasteiger partial charge on any atom is 0.677 e. The summed E-state index contributed by atoms with van der Waals surface area (Å²) in [6, 6.07) is 13.6. The number of aromatic nitrogens is 2.